The topological polar surface area (TPSA) is 65.5 Å². The van der Waals surface area contributed by atoms with E-state index in [-0.39, 0.29) is 29.5 Å². The van der Waals surface area contributed by atoms with Crippen LogP contribution in [0.3, 0.4) is 0 Å². The molecule has 6 nitrogen and oxygen atoms in total. The number of thiazole rings is 1. The van der Waals surface area contributed by atoms with Gasteiger partial charge in [0.15, 0.2) is 0 Å². The standard InChI is InChI=1S/C25H35FN4O2S/c1-5-29(6-2)16-13-27-23(31)17(3)19-11-14-30(15-12-19)25(32)22-18(4)28-24(33-22)20-7-9-21(26)10-8-20/h7-10,17,19H,5-6,11-16H2,1-4H3,(H,27,31)/t17-/m0/s1. The van der Waals surface area contributed by atoms with Crippen molar-refractivity contribution in [1.82, 2.24) is 20.1 Å². The largest absolute Gasteiger partial charge is 0.355 e. The van der Waals surface area contributed by atoms with Gasteiger partial charge in [0.1, 0.15) is 15.7 Å². The van der Waals surface area contributed by atoms with E-state index in [4.69, 9.17) is 0 Å². The molecular formula is C25H35FN4O2S. The van der Waals surface area contributed by atoms with Crippen LogP contribution >= 0.6 is 11.3 Å². The second-order valence-corrected chi connectivity index (χ2v) is 9.68. The van der Waals surface area contributed by atoms with E-state index in [0.29, 0.717) is 30.2 Å². The Morgan fingerprint density at radius 1 is 1.21 bits per heavy atom. The van der Waals surface area contributed by atoms with E-state index >= 15 is 0 Å². The number of hydrogen-bond acceptors (Lipinski definition) is 5. The highest BCUT2D eigenvalue weighted by Crippen LogP contribution is 2.31. The minimum Gasteiger partial charge on any atom is -0.355 e. The number of amides is 2. The molecule has 2 aromatic rings. The monoisotopic (exact) mass is 474 g/mol. The Bertz CT molecular complexity index is 934. The van der Waals surface area contributed by atoms with Gasteiger partial charge in [-0.2, -0.15) is 0 Å². The number of benzene rings is 1. The fraction of sp³-hybridized carbons (Fsp3) is 0.560. The molecule has 180 valence electrons. The number of carbonyl (C=O) groups is 2. The van der Waals surface area contributed by atoms with Crippen molar-refractivity contribution in [2.75, 3.05) is 39.3 Å². The fourth-order valence-electron chi connectivity index (χ4n) is 4.31. The second-order valence-electron chi connectivity index (χ2n) is 8.68. The first-order valence-electron chi connectivity index (χ1n) is 11.9. The van der Waals surface area contributed by atoms with Crippen LogP contribution in [-0.2, 0) is 4.79 Å². The van der Waals surface area contributed by atoms with Gasteiger partial charge >= 0.3 is 0 Å². The molecule has 3 rings (SSSR count). The molecule has 0 radical (unpaired) electrons. The number of aromatic nitrogens is 1. The average Bonchev–Trinajstić information content (AvgIpc) is 3.22. The first-order valence-corrected chi connectivity index (χ1v) is 12.7. The Morgan fingerprint density at radius 3 is 2.45 bits per heavy atom. The molecule has 8 heteroatoms. The van der Waals surface area contributed by atoms with Gasteiger partial charge in [-0.15, -0.1) is 11.3 Å². The summed E-state index contributed by atoms with van der Waals surface area (Å²) in [6.45, 7) is 12.9. The van der Waals surface area contributed by atoms with Gasteiger partial charge in [-0.3, -0.25) is 9.59 Å². The van der Waals surface area contributed by atoms with E-state index in [2.05, 4.69) is 29.0 Å². The van der Waals surface area contributed by atoms with Crippen LogP contribution < -0.4 is 5.32 Å². The highest BCUT2D eigenvalue weighted by atomic mass is 32.1. The van der Waals surface area contributed by atoms with E-state index in [1.807, 2.05) is 18.7 Å². The smallest absolute Gasteiger partial charge is 0.265 e. The molecule has 1 atom stereocenters. The average molecular weight is 475 g/mol. The van der Waals surface area contributed by atoms with Gasteiger partial charge in [0.05, 0.1) is 5.69 Å². The normalized spacial score (nSPS) is 15.6. The van der Waals surface area contributed by atoms with Gasteiger partial charge in [-0.05, 0) is 63.0 Å². The number of likely N-dealkylation sites (tertiary alicyclic amines) is 1. The molecule has 2 heterocycles. The molecule has 0 saturated carbocycles. The van der Waals surface area contributed by atoms with Crippen molar-refractivity contribution >= 4 is 23.2 Å². The maximum atomic E-state index is 13.2. The molecule has 1 aromatic carbocycles. The van der Waals surface area contributed by atoms with Crippen molar-refractivity contribution < 1.29 is 14.0 Å². The zero-order valence-electron chi connectivity index (χ0n) is 20.1. The lowest BCUT2D eigenvalue weighted by Gasteiger charge is -2.34. The van der Waals surface area contributed by atoms with E-state index in [9.17, 15) is 14.0 Å². The van der Waals surface area contributed by atoms with Crippen LogP contribution in [-0.4, -0.2) is 65.9 Å². The molecule has 0 spiro atoms. The second kappa shape index (κ2) is 11.7. The first kappa shape index (κ1) is 25.3. The Labute approximate surface area is 200 Å². The molecule has 0 aliphatic carbocycles. The number of hydrogen-bond donors (Lipinski definition) is 1. The Kier molecular flexibility index (Phi) is 8.97. The summed E-state index contributed by atoms with van der Waals surface area (Å²) >= 11 is 1.35. The lowest BCUT2D eigenvalue weighted by Crippen LogP contribution is -2.43. The number of carbonyl (C=O) groups excluding carboxylic acids is 2. The number of aryl methyl sites for hydroxylation is 1. The lowest BCUT2D eigenvalue weighted by molar-refractivity contribution is -0.126. The van der Waals surface area contributed by atoms with Crippen LogP contribution in [0.4, 0.5) is 4.39 Å². The predicted octanol–water partition coefficient (Wildman–Crippen LogP) is 4.20. The van der Waals surface area contributed by atoms with Crippen LogP contribution in [0.2, 0.25) is 0 Å². The predicted molar refractivity (Wildman–Crippen MR) is 131 cm³/mol. The van der Waals surface area contributed by atoms with Gasteiger partial charge in [-0.1, -0.05) is 20.8 Å². The van der Waals surface area contributed by atoms with Crippen LogP contribution in [0.25, 0.3) is 10.6 Å². The Hall–Kier alpha value is -2.32. The van der Waals surface area contributed by atoms with Crippen molar-refractivity contribution in [2.45, 2.75) is 40.5 Å². The molecule has 1 aliphatic heterocycles. The molecule has 1 fully saturated rings. The van der Waals surface area contributed by atoms with Crippen LogP contribution in [0, 0.1) is 24.6 Å². The van der Waals surface area contributed by atoms with Crippen molar-refractivity contribution in [1.29, 1.82) is 0 Å². The molecule has 1 saturated heterocycles. The number of rotatable bonds is 9. The maximum absolute atomic E-state index is 13.2. The minimum atomic E-state index is -0.294. The quantitative estimate of drug-likeness (QED) is 0.592. The van der Waals surface area contributed by atoms with Crippen LogP contribution in [0.15, 0.2) is 24.3 Å². The summed E-state index contributed by atoms with van der Waals surface area (Å²) in [4.78, 5) is 35.1. The zero-order valence-corrected chi connectivity index (χ0v) is 20.9. The van der Waals surface area contributed by atoms with Crippen molar-refractivity contribution in [3.63, 3.8) is 0 Å². The van der Waals surface area contributed by atoms with Gasteiger partial charge in [0.2, 0.25) is 5.91 Å². The minimum absolute atomic E-state index is 0.00635. The summed E-state index contributed by atoms with van der Waals surface area (Å²) < 4.78 is 13.2. The van der Waals surface area contributed by atoms with Gasteiger partial charge in [-0.25, -0.2) is 9.37 Å². The molecule has 2 amide bonds. The van der Waals surface area contributed by atoms with E-state index in [1.54, 1.807) is 12.1 Å². The molecule has 33 heavy (non-hydrogen) atoms. The third kappa shape index (κ3) is 6.38. The highest BCUT2D eigenvalue weighted by Gasteiger charge is 2.31. The van der Waals surface area contributed by atoms with Gasteiger partial charge in [0, 0.05) is 37.7 Å². The molecule has 0 unspecified atom stereocenters. The third-order valence-electron chi connectivity index (χ3n) is 6.65. The number of nitrogens with zero attached hydrogens (tertiary/aromatic N) is 3. The molecular weight excluding hydrogens is 439 g/mol. The Morgan fingerprint density at radius 2 is 1.85 bits per heavy atom. The number of nitrogens with one attached hydrogen (secondary N) is 1. The summed E-state index contributed by atoms with van der Waals surface area (Å²) in [5, 5.41) is 3.80. The van der Waals surface area contributed by atoms with Gasteiger partial charge in [0.25, 0.3) is 5.91 Å². The van der Waals surface area contributed by atoms with Crippen molar-refractivity contribution in [3.05, 3.63) is 40.7 Å². The zero-order chi connectivity index (χ0) is 24.0. The number of piperidine rings is 1. The molecule has 0 bridgehead atoms. The Balaban J connectivity index is 1.52. The summed E-state index contributed by atoms with van der Waals surface area (Å²) in [6.07, 6.45) is 1.64. The fourth-order valence-corrected chi connectivity index (χ4v) is 5.35. The number of likely N-dealkylation sites (N-methyl/N-ethyl adjacent to an activating group) is 1. The van der Waals surface area contributed by atoms with Crippen molar-refractivity contribution in [2.24, 2.45) is 11.8 Å². The molecule has 1 N–H and O–H groups in total. The van der Waals surface area contributed by atoms with E-state index in [0.717, 1.165) is 43.0 Å². The maximum Gasteiger partial charge on any atom is 0.265 e. The lowest BCUT2D eigenvalue weighted by atomic mass is 9.85. The summed E-state index contributed by atoms with van der Waals surface area (Å²) in [5.74, 6) is 0.0225. The summed E-state index contributed by atoms with van der Waals surface area (Å²) in [6, 6.07) is 6.17. The van der Waals surface area contributed by atoms with Crippen molar-refractivity contribution in [3.8, 4) is 10.6 Å². The molecule has 1 aliphatic rings. The summed E-state index contributed by atoms with van der Waals surface area (Å²) in [5.41, 5.74) is 1.51. The van der Waals surface area contributed by atoms with Crippen LogP contribution in [0.1, 0.15) is 49.0 Å². The first-order chi connectivity index (χ1) is 15.8. The van der Waals surface area contributed by atoms with E-state index < -0.39 is 0 Å². The molecule has 1 aromatic heterocycles. The SMILES string of the molecule is CCN(CC)CCNC(=O)[C@@H](C)C1CCN(C(=O)c2sc(-c3ccc(F)cc3)nc2C)CC1. The number of halogens is 1. The van der Waals surface area contributed by atoms with Crippen LogP contribution in [0.5, 0.6) is 0 Å². The third-order valence-corrected chi connectivity index (χ3v) is 7.85. The van der Waals surface area contributed by atoms with E-state index in [1.165, 1.54) is 23.5 Å². The summed E-state index contributed by atoms with van der Waals surface area (Å²) in [7, 11) is 0. The van der Waals surface area contributed by atoms with Gasteiger partial charge < -0.3 is 15.1 Å². The highest BCUT2D eigenvalue weighted by molar-refractivity contribution is 7.17.